The zero-order valence-corrected chi connectivity index (χ0v) is 13.0. The van der Waals surface area contributed by atoms with E-state index in [1.165, 1.54) is 37.7 Å². The van der Waals surface area contributed by atoms with Crippen LogP contribution in [0.2, 0.25) is 0 Å². The summed E-state index contributed by atoms with van der Waals surface area (Å²) in [4.78, 5) is 0. The van der Waals surface area contributed by atoms with Crippen LogP contribution in [-0.2, 0) is 0 Å². The summed E-state index contributed by atoms with van der Waals surface area (Å²) in [5.74, 6) is 2.40. The molecule has 2 fully saturated rings. The summed E-state index contributed by atoms with van der Waals surface area (Å²) in [6.07, 6.45) is 10.9. The van der Waals surface area contributed by atoms with Crippen LogP contribution in [0.3, 0.4) is 0 Å². The Morgan fingerprint density at radius 2 is 1.52 bits per heavy atom. The van der Waals surface area contributed by atoms with Gasteiger partial charge in [0, 0.05) is 0 Å². The third kappa shape index (κ3) is 4.23. The molecule has 116 valence electrons. The minimum atomic E-state index is -0.0700. The number of hydrogen-bond donors (Lipinski definition) is 1. The van der Waals surface area contributed by atoms with Gasteiger partial charge >= 0.3 is 0 Å². The van der Waals surface area contributed by atoms with Crippen LogP contribution in [0.25, 0.3) is 0 Å². The first-order valence-corrected chi connectivity index (χ1v) is 8.72. The van der Waals surface area contributed by atoms with E-state index in [1.807, 2.05) is 0 Å². The normalized spacial score (nSPS) is 27.5. The van der Waals surface area contributed by atoms with Gasteiger partial charge in [0.15, 0.2) is 0 Å². The summed E-state index contributed by atoms with van der Waals surface area (Å²) in [7, 11) is 0. The van der Waals surface area contributed by atoms with Gasteiger partial charge in [0.05, 0.1) is 12.7 Å². The summed E-state index contributed by atoms with van der Waals surface area (Å²) in [5.41, 5.74) is 1.41. The van der Waals surface area contributed by atoms with Crippen molar-refractivity contribution in [2.75, 3.05) is 6.61 Å². The number of ether oxygens (including phenoxy) is 1. The zero-order chi connectivity index (χ0) is 14.5. The fourth-order valence-electron chi connectivity index (χ4n) is 3.81. The summed E-state index contributed by atoms with van der Waals surface area (Å²) < 4.78 is 5.96. The van der Waals surface area contributed by atoms with Crippen molar-refractivity contribution in [1.82, 2.24) is 0 Å². The molecule has 21 heavy (non-hydrogen) atoms. The van der Waals surface area contributed by atoms with Gasteiger partial charge in [-0.2, -0.15) is 0 Å². The van der Waals surface area contributed by atoms with Gasteiger partial charge in [0.25, 0.3) is 0 Å². The maximum atomic E-state index is 9.59. The predicted molar refractivity (Wildman–Crippen MR) is 85.7 cm³/mol. The Morgan fingerprint density at radius 1 is 0.857 bits per heavy atom. The molecule has 0 atom stereocenters. The standard InChI is InChI=1S/C19H28O2/c20-18-10-6-16(7-11-18)17-8-12-19(13-9-17)21-14-15-4-2-1-3-5-15/h8-9,12-13,15-16,18,20H,1-7,10-11,14H2. The first-order valence-electron chi connectivity index (χ1n) is 8.72. The molecule has 2 aliphatic carbocycles. The molecule has 0 unspecified atom stereocenters. The monoisotopic (exact) mass is 288 g/mol. The van der Waals surface area contributed by atoms with Gasteiger partial charge in [-0.15, -0.1) is 0 Å². The largest absolute Gasteiger partial charge is 0.493 e. The number of aliphatic hydroxyl groups excluding tert-OH is 1. The fourth-order valence-corrected chi connectivity index (χ4v) is 3.81. The average molecular weight is 288 g/mol. The van der Waals surface area contributed by atoms with Crippen LogP contribution in [0, 0.1) is 5.92 Å². The molecule has 0 heterocycles. The molecule has 0 amide bonds. The van der Waals surface area contributed by atoms with Crippen molar-refractivity contribution in [3.63, 3.8) is 0 Å². The molecule has 2 heteroatoms. The molecular formula is C19H28O2. The van der Waals surface area contributed by atoms with Crippen LogP contribution in [0.1, 0.15) is 69.3 Å². The fraction of sp³-hybridized carbons (Fsp3) is 0.684. The highest BCUT2D eigenvalue weighted by molar-refractivity contribution is 5.29. The second-order valence-electron chi connectivity index (χ2n) is 6.89. The van der Waals surface area contributed by atoms with Crippen LogP contribution in [0.15, 0.2) is 24.3 Å². The predicted octanol–water partition coefficient (Wildman–Crippen LogP) is 4.66. The lowest BCUT2D eigenvalue weighted by Gasteiger charge is -2.26. The van der Waals surface area contributed by atoms with Crippen molar-refractivity contribution in [3.05, 3.63) is 29.8 Å². The molecule has 2 saturated carbocycles. The Labute approximate surface area is 128 Å². The minimum Gasteiger partial charge on any atom is -0.493 e. The van der Waals surface area contributed by atoms with Crippen LogP contribution in [0.4, 0.5) is 0 Å². The van der Waals surface area contributed by atoms with Gasteiger partial charge in [-0.3, -0.25) is 0 Å². The molecule has 0 saturated heterocycles. The van der Waals surface area contributed by atoms with Gasteiger partial charge in [-0.1, -0.05) is 31.4 Å². The third-order valence-electron chi connectivity index (χ3n) is 5.26. The summed E-state index contributed by atoms with van der Waals surface area (Å²) in [5, 5.41) is 9.59. The van der Waals surface area contributed by atoms with E-state index in [1.54, 1.807) is 0 Å². The van der Waals surface area contributed by atoms with Crippen molar-refractivity contribution in [3.8, 4) is 5.75 Å². The van der Waals surface area contributed by atoms with Crippen molar-refractivity contribution in [2.45, 2.75) is 69.8 Å². The number of aliphatic hydroxyl groups is 1. The van der Waals surface area contributed by atoms with Crippen LogP contribution in [-0.4, -0.2) is 17.8 Å². The van der Waals surface area contributed by atoms with E-state index < -0.39 is 0 Å². The smallest absolute Gasteiger partial charge is 0.119 e. The van der Waals surface area contributed by atoms with E-state index in [9.17, 15) is 5.11 Å². The number of benzene rings is 1. The van der Waals surface area contributed by atoms with Crippen LogP contribution >= 0.6 is 0 Å². The maximum Gasteiger partial charge on any atom is 0.119 e. The lowest BCUT2D eigenvalue weighted by molar-refractivity contribution is 0.122. The Balaban J connectivity index is 1.49. The minimum absolute atomic E-state index is 0.0700. The first kappa shape index (κ1) is 14.9. The van der Waals surface area contributed by atoms with Crippen LogP contribution < -0.4 is 4.74 Å². The van der Waals surface area contributed by atoms with E-state index >= 15 is 0 Å². The topological polar surface area (TPSA) is 29.5 Å². The van der Waals surface area contributed by atoms with Crippen molar-refractivity contribution >= 4 is 0 Å². The summed E-state index contributed by atoms with van der Waals surface area (Å²) in [6, 6.07) is 8.70. The molecule has 1 N–H and O–H groups in total. The molecule has 0 radical (unpaired) electrons. The molecule has 3 rings (SSSR count). The lowest BCUT2D eigenvalue weighted by Crippen LogP contribution is -2.17. The molecule has 0 aromatic heterocycles. The van der Waals surface area contributed by atoms with Gasteiger partial charge in [-0.05, 0) is 68.1 Å². The first-order chi connectivity index (χ1) is 10.3. The van der Waals surface area contributed by atoms with Crippen LogP contribution in [0.5, 0.6) is 5.75 Å². The van der Waals surface area contributed by atoms with Gasteiger partial charge < -0.3 is 9.84 Å². The SMILES string of the molecule is OC1CCC(c2ccc(OCC3CCCCC3)cc2)CC1. The molecule has 1 aromatic rings. The van der Waals surface area contributed by atoms with E-state index in [-0.39, 0.29) is 6.10 Å². The zero-order valence-electron chi connectivity index (χ0n) is 13.0. The van der Waals surface area contributed by atoms with Gasteiger partial charge in [0.2, 0.25) is 0 Å². The molecular weight excluding hydrogens is 260 g/mol. The molecule has 2 nitrogen and oxygen atoms in total. The maximum absolute atomic E-state index is 9.59. The molecule has 0 spiro atoms. The molecule has 0 bridgehead atoms. The highest BCUT2D eigenvalue weighted by Gasteiger charge is 2.20. The highest BCUT2D eigenvalue weighted by atomic mass is 16.5. The molecule has 2 aliphatic rings. The van der Waals surface area contributed by atoms with Crippen molar-refractivity contribution in [2.24, 2.45) is 5.92 Å². The second-order valence-corrected chi connectivity index (χ2v) is 6.89. The second kappa shape index (κ2) is 7.31. The Kier molecular flexibility index (Phi) is 5.18. The Bertz CT molecular complexity index is 412. The molecule has 1 aromatic carbocycles. The molecule has 0 aliphatic heterocycles. The average Bonchev–Trinajstić information content (AvgIpc) is 2.55. The van der Waals surface area contributed by atoms with E-state index in [0.29, 0.717) is 5.92 Å². The van der Waals surface area contributed by atoms with E-state index in [4.69, 9.17) is 4.74 Å². The van der Waals surface area contributed by atoms with E-state index in [2.05, 4.69) is 24.3 Å². The van der Waals surface area contributed by atoms with Crippen molar-refractivity contribution in [1.29, 1.82) is 0 Å². The van der Waals surface area contributed by atoms with Gasteiger partial charge in [-0.25, -0.2) is 0 Å². The summed E-state index contributed by atoms with van der Waals surface area (Å²) in [6.45, 7) is 0.884. The number of hydrogen-bond acceptors (Lipinski definition) is 2. The van der Waals surface area contributed by atoms with E-state index in [0.717, 1.165) is 44.0 Å². The van der Waals surface area contributed by atoms with Gasteiger partial charge in [0.1, 0.15) is 5.75 Å². The lowest BCUT2D eigenvalue weighted by atomic mass is 9.83. The Morgan fingerprint density at radius 3 is 2.19 bits per heavy atom. The van der Waals surface area contributed by atoms with Crippen molar-refractivity contribution < 1.29 is 9.84 Å². The third-order valence-corrected chi connectivity index (χ3v) is 5.26. The summed E-state index contributed by atoms with van der Waals surface area (Å²) >= 11 is 0. The highest BCUT2D eigenvalue weighted by Crippen LogP contribution is 2.33. The Hall–Kier alpha value is -1.02. The quantitative estimate of drug-likeness (QED) is 0.873. The number of rotatable bonds is 4.